The standard InChI is InChI=1S/C16H19FN2O2/c1-12-16(21)18-5-6-19(12)11-14-8-13(4-2-3-7-20)9-15(17)10-14/h8-10,12,20H,3,5-7,11H2,1H3,(H,18,21). The summed E-state index contributed by atoms with van der Waals surface area (Å²) in [5.41, 5.74) is 1.39. The van der Waals surface area contributed by atoms with Gasteiger partial charge in [-0.3, -0.25) is 9.69 Å². The number of hydrogen-bond acceptors (Lipinski definition) is 3. The highest BCUT2D eigenvalue weighted by Crippen LogP contribution is 2.14. The minimum atomic E-state index is -0.338. The third-order valence-corrected chi connectivity index (χ3v) is 3.44. The van der Waals surface area contributed by atoms with Gasteiger partial charge in [0.15, 0.2) is 0 Å². The fourth-order valence-electron chi connectivity index (χ4n) is 2.31. The van der Waals surface area contributed by atoms with E-state index in [2.05, 4.69) is 17.2 Å². The second-order valence-electron chi connectivity index (χ2n) is 5.06. The summed E-state index contributed by atoms with van der Waals surface area (Å²) < 4.78 is 13.6. The van der Waals surface area contributed by atoms with Crippen molar-refractivity contribution in [3.63, 3.8) is 0 Å². The van der Waals surface area contributed by atoms with E-state index in [0.717, 1.165) is 12.1 Å². The predicted molar refractivity (Wildman–Crippen MR) is 77.9 cm³/mol. The van der Waals surface area contributed by atoms with Crippen molar-refractivity contribution in [3.8, 4) is 11.8 Å². The topological polar surface area (TPSA) is 52.6 Å². The average molecular weight is 290 g/mol. The molecule has 0 aromatic heterocycles. The molecule has 5 heteroatoms. The summed E-state index contributed by atoms with van der Waals surface area (Å²) in [6, 6.07) is 4.45. The highest BCUT2D eigenvalue weighted by molar-refractivity contribution is 5.81. The predicted octanol–water partition coefficient (Wildman–Crippen LogP) is 0.880. The van der Waals surface area contributed by atoms with Gasteiger partial charge >= 0.3 is 0 Å². The van der Waals surface area contributed by atoms with Gasteiger partial charge in [0, 0.05) is 31.6 Å². The van der Waals surface area contributed by atoms with Crippen LogP contribution in [-0.2, 0) is 11.3 Å². The number of carbonyl (C=O) groups excluding carboxylic acids is 1. The van der Waals surface area contributed by atoms with Crippen molar-refractivity contribution < 1.29 is 14.3 Å². The first-order valence-electron chi connectivity index (χ1n) is 7.01. The maximum absolute atomic E-state index is 13.6. The number of hydrogen-bond donors (Lipinski definition) is 2. The molecule has 1 atom stereocenters. The third-order valence-electron chi connectivity index (χ3n) is 3.44. The van der Waals surface area contributed by atoms with Gasteiger partial charge in [0.05, 0.1) is 12.6 Å². The molecule has 1 aromatic rings. The van der Waals surface area contributed by atoms with Crippen LogP contribution in [0.3, 0.4) is 0 Å². The minimum Gasteiger partial charge on any atom is -0.395 e. The van der Waals surface area contributed by atoms with Crippen LogP contribution in [0.1, 0.15) is 24.5 Å². The van der Waals surface area contributed by atoms with Gasteiger partial charge in [0.25, 0.3) is 0 Å². The smallest absolute Gasteiger partial charge is 0.237 e. The van der Waals surface area contributed by atoms with E-state index in [1.54, 1.807) is 0 Å². The van der Waals surface area contributed by atoms with Crippen LogP contribution >= 0.6 is 0 Å². The van der Waals surface area contributed by atoms with E-state index >= 15 is 0 Å². The summed E-state index contributed by atoms with van der Waals surface area (Å²) in [6.07, 6.45) is 0.370. The van der Waals surface area contributed by atoms with E-state index in [9.17, 15) is 9.18 Å². The number of nitrogens with zero attached hydrogens (tertiary/aromatic N) is 1. The summed E-state index contributed by atoms with van der Waals surface area (Å²) in [4.78, 5) is 13.6. The largest absolute Gasteiger partial charge is 0.395 e. The number of piperazine rings is 1. The quantitative estimate of drug-likeness (QED) is 0.813. The molecule has 1 aliphatic heterocycles. The van der Waals surface area contributed by atoms with Gasteiger partial charge in [-0.05, 0) is 30.7 Å². The van der Waals surface area contributed by atoms with E-state index in [1.807, 2.05) is 17.9 Å². The molecular formula is C16H19FN2O2. The molecule has 1 unspecified atom stereocenters. The van der Waals surface area contributed by atoms with Crippen LogP contribution in [0, 0.1) is 17.7 Å². The first-order valence-corrected chi connectivity index (χ1v) is 7.01. The van der Waals surface area contributed by atoms with E-state index in [4.69, 9.17) is 5.11 Å². The monoisotopic (exact) mass is 290 g/mol. The Balaban J connectivity index is 2.13. The Morgan fingerprint density at radius 1 is 1.48 bits per heavy atom. The van der Waals surface area contributed by atoms with Crippen molar-refractivity contribution in [2.24, 2.45) is 0 Å². The lowest BCUT2D eigenvalue weighted by Gasteiger charge is -2.32. The zero-order valence-corrected chi connectivity index (χ0v) is 12.0. The van der Waals surface area contributed by atoms with Crippen molar-refractivity contribution in [2.45, 2.75) is 25.9 Å². The fraction of sp³-hybridized carbons (Fsp3) is 0.438. The van der Waals surface area contributed by atoms with Gasteiger partial charge in [-0.1, -0.05) is 11.8 Å². The van der Waals surface area contributed by atoms with E-state index in [1.165, 1.54) is 12.1 Å². The van der Waals surface area contributed by atoms with Gasteiger partial charge in [0.2, 0.25) is 5.91 Å². The molecule has 1 aliphatic rings. The Morgan fingerprint density at radius 3 is 3.05 bits per heavy atom. The van der Waals surface area contributed by atoms with Gasteiger partial charge < -0.3 is 10.4 Å². The number of benzene rings is 1. The number of aliphatic hydroxyl groups excluding tert-OH is 1. The second-order valence-corrected chi connectivity index (χ2v) is 5.06. The molecule has 1 amide bonds. The average Bonchev–Trinajstić information content (AvgIpc) is 2.44. The number of amides is 1. The molecule has 21 heavy (non-hydrogen) atoms. The Bertz CT molecular complexity index is 577. The van der Waals surface area contributed by atoms with Crippen molar-refractivity contribution in [1.29, 1.82) is 0 Å². The molecule has 0 radical (unpaired) electrons. The summed E-state index contributed by atoms with van der Waals surface area (Å²) >= 11 is 0. The van der Waals surface area contributed by atoms with Crippen molar-refractivity contribution in [2.75, 3.05) is 19.7 Å². The van der Waals surface area contributed by atoms with Crippen molar-refractivity contribution >= 4 is 5.91 Å². The molecule has 0 aliphatic carbocycles. The lowest BCUT2D eigenvalue weighted by Crippen LogP contribution is -2.53. The summed E-state index contributed by atoms with van der Waals surface area (Å²) in [6.45, 7) is 3.71. The fourth-order valence-corrected chi connectivity index (χ4v) is 2.31. The first-order chi connectivity index (χ1) is 10.1. The van der Waals surface area contributed by atoms with Crippen LogP contribution in [0.5, 0.6) is 0 Å². The highest BCUT2D eigenvalue weighted by atomic mass is 19.1. The van der Waals surface area contributed by atoms with Crippen LogP contribution in [0.15, 0.2) is 18.2 Å². The van der Waals surface area contributed by atoms with E-state index in [0.29, 0.717) is 25.1 Å². The highest BCUT2D eigenvalue weighted by Gasteiger charge is 2.25. The normalized spacial score (nSPS) is 18.8. The lowest BCUT2D eigenvalue weighted by molar-refractivity contribution is -0.128. The molecule has 1 fully saturated rings. The molecule has 1 heterocycles. The van der Waals surface area contributed by atoms with Crippen LogP contribution in [-0.4, -0.2) is 41.7 Å². The molecular weight excluding hydrogens is 271 g/mol. The molecule has 0 saturated carbocycles. The minimum absolute atomic E-state index is 0.000569. The van der Waals surface area contributed by atoms with Crippen molar-refractivity contribution in [1.82, 2.24) is 10.2 Å². The number of halogens is 1. The molecule has 0 spiro atoms. The van der Waals surface area contributed by atoms with Gasteiger partial charge in [0.1, 0.15) is 5.82 Å². The molecule has 2 rings (SSSR count). The summed E-state index contributed by atoms with van der Waals surface area (Å²) in [5.74, 6) is 5.28. The summed E-state index contributed by atoms with van der Waals surface area (Å²) in [5, 5.41) is 11.5. The second kappa shape index (κ2) is 7.21. The third kappa shape index (κ3) is 4.28. The van der Waals surface area contributed by atoms with Gasteiger partial charge in [-0.25, -0.2) is 4.39 Å². The molecule has 1 aromatic carbocycles. The van der Waals surface area contributed by atoms with E-state index < -0.39 is 0 Å². The van der Waals surface area contributed by atoms with Gasteiger partial charge in [-0.2, -0.15) is 0 Å². The Morgan fingerprint density at radius 2 is 2.29 bits per heavy atom. The molecule has 2 N–H and O–H groups in total. The Kier molecular flexibility index (Phi) is 5.32. The number of carbonyl (C=O) groups is 1. The van der Waals surface area contributed by atoms with Crippen LogP contribution in [0.2, 0.25) is 0 Å². The molecule has 112 valence electrons. The molecule has 4 nitrogen and oxygen atoms in total. The number of nitrogens with one attached hydrogen (secondary N) is 1. The lowest BCUT2D eigenvalue weighted by atomic mass is 10.1. The number of aliphatic hydroxyl groups is 1. The van der Waals surface area contributed by atoms with Gasteiger partial charge in [-0.15, -0.1) is 0 Å². The zero-order valence-electron chi connectivity index (χ0n) is 12.0. The van der Waals surface area contributed by atoms with Crippen LogP contribution < -0.4 is 5.32 Å². The zero-order chi connectivity index (χ0) is 15.2. The van der Waals surface area contributed by atoms with Crippen LogP contribution in [0.25, 0.3) is 0 Å². The SMILES string of the molecule is CC1C(=O)NCCN1Cc1cc(F)cc(C#CCCO)c1. The maximum atomic E-state index is 13.6. The summed E-state index contributed by atoms with van der Waals surface area (Å²) in [7, 11) is 0. The first kappa shape index (κ1) is 15.5. The maximum Gasteiger partial charge on any atom is 0.237 e. The molecule has 0 bridgehead atoms. The Labute approximate surface area is 124 Å². The van der Waals surface area contributed by atoms with Crippen LogP contribution in [0.4, 0.5) is 4.39 Å². The molecule has 1 saturated heterocycles. The number of rotatable bonds is 3. The van der Waals surface area contributed by atoms with Crippen molar-refractivity contribution in [3.05, 3.63) is 35.1 Å². The van der Waals surface area contributed by atoms with E-state index in [-0.39, 0.29) is 24.4 Å². The Hall–Kier alpha value is -1.90.